The van der Waals surface area contributed by atoms with Crippen LogP contribution >= 0.6 is 0 Å². The standard InChI is InChI=1S/C14H17NO5/c1-3-4-10(2)14(17)20-9-13(16)11-5-7-12(8-6-11)15(18)19/h5-8,10H,3-4,9H2,1-2H3/t10-/m0/s1. The summed E-state index contributed by atoms with van der Waals surface area (Å²) in [4.78, 5) is 33.3. The molecule has 0 bridgehead atoms. The van der Waals surface area contributed by atoms with Gasteiger partial charge in [-0.15, -0.1) is 0 Å². The number of carbonyl (C=O) groups excluding carboxylic acids is 2. The Morgan fingerprint density at radius 3 is 2.40 bits per heavy atom. The number of nitrogens with zero attached hydrogens (tertiary/aromatic N) is 1. The highest BCUT2D eigenvalue weighted by Gasteiger charge is 2.16. The summed E-state index contributed by atoms with van der Waals surface area (Å²) >= 11 is 0. The molecule has 0 unspecified atom stereocenters. The molecule has 0 radical (unpaired) electrons. The number of esters is 1. The third-order valence-electron chi connectivity index (χ3n) is 2.87. The summed E-state index contributed by atoms with van der Waals surface area (Å²) in [7, 11) is 0. The quantitative estimate of drug-likeness (QED) is 0.331. The Kier molecular flexibility index (Phi) is 5.83. The molecule has 1 aromatic carbocycles. The summed E-state index contributed by atoms with van der Waals surface area (Å²) in [6.07, 6.45) is 1.58. The number of ketones is 1. The topological polar surface area (TPSA) is 86.5 Å². The first-order valence-corrected chi connectivity index (χ1v) is 6.40. The molecular formula is C14H17NO5. The van der Waals surface area contributed by atoms with E-state index in [4.69, 9.17) is 4.74 Å². The number of ether oxygens (including phenoxy) is 1. The number of benzene rings is 1. The first kappa shape index (κ1) is 15.8. The highest BCUT2D eigenvalue weighted by atomic mass is 16.6. The minimum Gasteiger partial charge on any atom is -0.457 e. The molecule has 0 amide bonds. The summed E-state index contributed by atoms with van der Waals surface area (Å²) in [5, 5.41) is 10.5. The van der Waals surface area contributed by atoms with E-state index in [-0.39, 0.29) is 29.6 Å². The average molecular weight is 279 g/mol. The van der Waals surface area contributed by atoms with Crippen LogP contribution in [0.5, 0.6) is 0 Å². The molecule has 0 N–H and O–H groups in total. The van der Waals surface area contributed by atoms with Crippen LogP contribution in [0.1, 0.15) is 37.0 Å². The first-order valence-electron chi connectivity index (χ1n) is 6.40. The molecule has 0 heterocycles. The molecule has 6 heteroatoms. The van der Waals surface area contributed by atoms with Gasteiger partial charge in [-0.25, -0.2) is 0 Å². The number of hydrogen-bond donors (Lipinski definition) is 0. The Labute approximate surface area is 116 Å². The normalized spacial score (nSPS) is 11.7. The van der Waals surface area contributed by atoms with E-state index < -0.39 is 10.9 Å². The molecule has 0 aromatic heterocycles. The Morgan fingerprint density at radius 2 is 1.90 bits per heavy atom. The Hall–Kier alpha value is -2.24. The van der Waals surface area contributed by atoms with Gasteiger partial charge in [-0.05, 0) is 18.6 Å². The predicted octanol–water partition coefficient (Wildman–Crippen LogP) is 2.76. The lowest BCUT2D eigenvalue weighted by molar-refractivity contribution is -0.384. The van der Waals surface area contributed by atoms with Crippen LogP contribution in [-0.4, -0.2) is 23.3 Å². The van der Waals surface area contributed by atoms with Gasteiger partial charge in [0.15, 0.2) is 12.4 Å². The molecule has 20 heavy (non-hydrogen) atoms. The fourth-order valence-electron chi connectivity index (χ4n) is 1.68. The molecule has 0 saturated carbocycles. The molecular weight excluding hydrogens is 262 g/mol. The highest BCUT2D eigenvalue weighted by molar-refractivity contribution is 5.98. The van der Waals surface area contributed by atoms with Gasteiger partial charge in [0.1, 0.15) is 0 Å². The monoisotopic (exact) mass is 279 g/mol. The van der Waals surface area contributed by atoms with Crippen LogP contribution in [0.4, 0.5) is 5.69 Å². The Balaban J connectivity index is 2.54. The second kappa shape index (κ2) is 7.37. The molecule has 0 aliphatic rings. The number of hydrogen-bond acceptors (Lipinski definition) is 5. The van der Waals surface area contributed by atoms with Crippen molar-refractivity contribution < 1.29 is 19.2 Å². The van der Waals surface area contributed by atoms with Gasteiger partial charge in [0.05, 0.1) is 10.8 Å². The third-order valence-corrected chi connectivity index (χ3v) is 2.87. The van der Waals surface area contributed by atoms with Gasteiger partial charge in [0, 0.05) is 17.7 Å². The van der Waals surface area contributed by atoms with E-state index in [1.54, 1.807) is 6.92 Å². The second-order valence-electron chi connectivity index (χ2n) is 4.52. The van der Waals surface area contributed by atoms with Crippen LogP contribution in [0.2, 0.25) is 0 Å². The van der Waals surface area contributed by atoms with Crippen molar-refractivity contribution in [1.82, 2.24) is 0 Å². The Morgan fingerprint density at radius 1 is 1.30 bits per heavy atom. The predicted molar refractivity (Wildman–Crippen MR) is 72.5 cm³/mol. The van der Waals surface area contributed by atoms with E-state index >= 15 is 0 Å². The molecule has 0 aliphatic carbocycles. The smallest absolute Gasteiger partial charge is 0.309 e. The fourth-order valence-corrected chi connectivity index (χ4v) is 1.68. The zero-order valence-corrected chi connectivity index (χ0v) is 11.5. The van der Waals surface area contributed by atoms with E-state index in [9.17, 15) is 19.7 Å². The summed E-state index contributed by atoms with van der Waals surface area (Å²) in [5.74, 6) is -1.01. The maximum atomic E-state index is 11.8. The van der Waals surface area contributed by atoms with Crippen molar-refractivity contribution >= 4 is 17.4 Å². The molecule has 1 atom stereocenters. The molecule has 108 valence electrons. The summed E-state index contributed by atoms with van der Waals surface area (Å²) in [5.41, 5.74) is 0.196. The molecule has 6 nitrogen and oxygen atoms in total. The van der Waals surface area contributed by atoms with Crippen molar-refractivity contribution in [2.24, 2.45) is 5.92 Å². The maximum Gasteiger partial charge on any atom is 0.309 e. The average Bonchev–Trinajstić information content (AvgIpc) is 2.44. The number of Topliss-reactive ketones (excluding diaryl/α,β-unsaturated/α-hetero) is 1. The van der Waals surface area contributed by atoms with Crippen LogP contribution in [-0.2, 0) is 9.53 Å². The lowest BCUT2D eigenvalue weighted by Gasteiger charge is -2.09. The number of non-ortho nitro benzene ring substituents is 1. The summed E-state index contributed by atoms with van der Waals surface area (Å²) in [6.45, 7) is 3.37. The van der Waals surface area contributed by atoms with Crippen molar-refractivity contribution in [3.8, 4) is 0 Å². The van der Waals surface area contributed by atoms with Gasteiger partial charge in [-0.1, -0.05) is 20.3 Å². The van der Waals surface area contributed by atoms with Gasteiger partial charge >= 0.3 is 5.97 Å². The van der Waals surface area contributed by atoms with Gasteiger partial charge in [-0.3, -0.25) is 19.7 Å². The van der Waals surface area contributed by atoms with E-state index in [0.29, 0.717) is 6.42 Å². The van der Waals surface area contributed by atoms with Crippen LogP contribution in [0.3, 0.4) is 0 Å². The van der Waals surface area contributed by atoms with E-state index in [2.05, 4.69) is 0 Å². The van der Waals surface area contributed by atoms with Crippen molar-refractivity contribution in [3.05, 3.63) is 39.9 Å². The molecule has 1 aromatic rings. The van der Waals surface area contributed by atoms with Crippen LogP contribution in [0.15, 0.2) is 24.3 Å². The molecule has 0 aliphatic heterocycles. The number of nitro groups is 1. The number of nitro benzene ring substituents is 1. The third kappa shape index (κ3) is 4.46. The van der Waals surface area contributed by atoms with E-state index in [1.807, 2.05) is 6.92 Å². The van der Waals surface area contributed by atoms with E-state index in [1.165, 1.54) is 24.3 Å². The van der Waals surface area contributed by atoms with Gasteiger partial charge in [0.25, 0.3) is 5.69 Å². The lowest BCUT2D eigenvalue weighted by Crippen LogP contribution is -2.19. The van der Waals surface area contributed by atoms with Crippen LogP contribution < -0.4 is 0 Å². The number of rotatable bonds is 7. The molecule has 0 spiro atoms. The zero-order chi connectivity index (χ0) is 15.1. The largest absolute Gasteiger partial charge is 0.457 e. The maximum absolute atomic E-state index is 11.8. The van der Waals surface area contributed by atoms with Crippen molar-refractivity contribution in [1.29, 1.82) is 0 Å². The van der Waals surface area contributed by atoms with Gasteiger partial charge in [-0.2, -0.15) is 0 Å². The SMILES string of the molecule is CCC[C@H](C)C(=O)OCC(=O)c1ccc([N+](=O)[O-])cc1. The molecule has 1 rings (SSSR count). The van der Waals surface area contributed by atoms with Crippen molar-refractivity contribution in [2.45, 2.75) is 26.7 Å². The number of carbonyl (C=O) groups is 2. The minimum atomic E-state index is -0.541. The summed E-state index contributed by atoms with van der Waals surface area (Å²) in [6, 6.07) is 5.19. The minimum absolute atomic E-state index is 0.0879. The van der Waals surface area contributed by atoms with Crippen LogP contribution in [0, 0.1) is 16.0 Å². The van der Waals surface area contributed by atoms with Crippen molar-refractivity contribution in [2.75, 3.05) is 6.61 Å². The molecule has 0 fully saturated rings. The second-order valence-corrected chi connectivity index (χ2v) is 4.52. The fraction of sp³-hybridized carbons (Fsp3) is 0.429. The lowest BCUT2D eigenvalue weighted by atomic mass is 10.1. The van der Waals surface area contributed by atoms with Gasteiger partial charge < -0.3 is 4.74 Å². The van der Waals surface area contributed by atoms with Gasteiger partial charge in [0.2, 0.25) is 0 Å². The van der Waals surface area contributed by atoms with Crippen molar-refractivity contribution in [3.63, 3.8) is 0 Å². The first-order chi connectivity index (χ1) is 9.45. The van der Waals surface area contributed by atoms with Crippen LogP contribution in [0.25, 0.3) is 0 Å². The zero-order valence-electron chi connectivity index (χ0n) is 11.5. The highest BCUT2D eigenvalue weighted by Crippen LogP contribution is 2.13. The Bertz CT molecular complexity index is 495. The van der Waals surface area contributed by atoms with E-state index in [0.717, 1.165) is 6.42 Å². The molecule has 0 saturated heterocycles. The summed E-state index contributed by atoms with van der Waals surface area (Å²) < 4.78 is 4.93.